The van der Waals surface area contributed by atoms with Crippen LogP contribution in [-0.2, 0) is 14.3 Å². The standard InChI is InChI=1S/C11H17NO3/c1-10(2)7-4-5-11(6-7,9(14)15-3)12-8(10)13/h7H,4-6H2,1-3H3,(H,12,13)/t7-,11-/m1/s1. The van der Waals surface area contributed by atoms with Crippen LogP contribution in [0.15, 0.2) is 0 Å². The molecule has 2 atom stereocenters. The van der Waals surface area contributed by atoms with E-state index in [1.807, 2.05) is 13.8 Å². The maximum absolute atomic E-state index is 11.9. The molecule has 2 fully saturated rings. The van der Waals surface area contributed by atoms with Crippen molar-refractivity contribution >= 4 is 11.9 Å². The second-order valence-electron chi connectivity index (χ2n) is 5.19. The van der Waals surface area contributed by atoms with E-state index in [0.29, 0.717) is 12.3 Å². The highest BCUT2D eigenvalue weighted by Crippen LogP contribution is 2.49. The van der Waals surface area contributed by atoms with Gasteiger partial charge in [0.25, 0.3) is 0 Å². The van der Waals surface area contributed by atoms with E-state index in [4.69, 9.17) is 4.74 Å². The number of amides is 1. The van der Waals surface area contributed by atoms with E-state index in [1.54, 1.807) is 0 Å². The third-order valence-electron chi connectivity index (χ3n) is 4.05. The summed E-state index contributed by atoms with van der Waals surface area (Å²) in [6.45, 7) is 3.89. The molecular formula is C11H17NO3. The minimum atomic E-state index is -0.730. The summed E-state index contributed by atoms with van der Waals surface area (Å²) in [5, 5.41) is 2.85. The number of fused-ring (bicyclic) bond motifs is 2. The Bertz CT molecular complexity index is 324. The van der Waals surface area contributed by atoms with Crippen LogP contribution >= 0.6 is 0 Å². The van der Waals surface area contributed by atoms with Crippen molar-refractivity contribution in [3.8, 4) is 0 Å². The molecule has 0 aromatic rings. The number of esters is 1. The smallest absolute Gasteiger partial charge is 0.331 e. The molecule has 2 bridgehead atoms. The van der Waals surface area contributed by atoms with Crippen molar-refractivity contribution in [3.63, 3.8) is 0 Å². The number of hydrogen-bond acceptors (Lipinski definition) is 3. The van der Waals surface area contributed by atoms with Crippen LogP contribution in [0.25, 0.3) is 0 Å². The van der Waals surface area contributed by atoms with E-state index < -0.39 is 5.54 Å². The van der Waals surface area contributed by atoms with Gasteiger partial charge in [-0.2, -0.15) is 0 Å². The minimum Gasteiger partial charge on any atom is -0.467 e. The average molecular weight is 211 g/mol. The second-order valence-corrected chi connectivity index (χ2v) is 5.19. The summed E-state index contributed by atoms with van der Waals surface area (Å²) < 4.78 is 4.77. The summed E-state index contributed by atoms with van der Waals surface area (Å²) >= 11 is 0. The summed E-state index contributed by atoms with van der Waals surface area (Å²) in [6, 6.07) is 0. The first-order chi connectivity index (χ1) is 6.92. The van der Waals surface area contributed by atoms with Crippen molar-refractivity contribution in [1.82, 2.24) is 5.32 Å². The SMILES string of the molecule is COC(=O)[C@@]12CC[C@H](C1)C(C)(C)C(=O)N2. The molecular weight excluding hydrogens is 194 g/mol. The minimum absolute atomic E-state index is 0.0262. The lowest BCUT2D eigenvalue weighted by Gasteiger charge is -2.40. The van der Waals surface area contributed by atoms with Gasteiger partial charge in [0, 0.05) is 5.41 Å². The lowest BCUT2D eigenvalue weighted by atomic mass is 9.73. The van der Waals surface area contributed by atoms with Crippen molar-refractivity contribution in [2.75, 3.05) is 7.11 Å². The Kier molecular flexibility index (Phi) is 2.07. The first-order valence-electron chi connectivity index (χ1n) is 5.33. The van der Waals surface area contributed by atoms with Gasteiger partial charge >= 0.3 is 5.97 Å². The maximum Gasteiger partial charge on any atom is 0.331 e. The molecule has 0 unspecified atom stereocenters. The molecule has 1 amide bonds. The molecule has 1 aliphatic carbocycles. The van der Waals surface area contributed by atoms with Crippen molar-refractivity contribution in [2.24, 2.45) is 11.3 Å². The third-order valence-corrected chi connectivity index (χ3v) is 4.05. The molecule has 0 spiro atoms. The Morgan fingerprint density at radius 2 is 2.20 bits per heavy atom. The van der Waals surface area contributed by atoms with E-state index in [0.717, 1.165) is 12.8 Å². The van der Waals surface area contributed by atoms with Crippen LogP contribution in [0, 0.1) is 11.3 Å². The van der Waals surface area contributed by atoms with Gasteiger partial charge in [-0.3, -0.25) is 4.79 Å². The van der Waals surface area contributed by atoms with Crippen molar-refractivity contribution < 1.29 is 14.3 Å². The fraction of sp³-hybridized carbons (Fsp3) is 0.818. The van der Waals surface area contributed by atoms with Gasteiger partial charge < -0.3 is 10.1 Å². The Hall–Kier alpha value is -1.06. The summed E-state index contributed by atoms with van der Waals surface area (Å²) in [6.07, 6.45) is 2.35. The van der Waals surface area contributed by atoms with Gasteiger partial charge in [-0.25, -0.2) is 4.79 Å². The van der Waals surface area contributed by atoms with E-state index >= 15 is 0 Å². The predicted octanol–water partition coefficient (Wildman–Crippen LogP) is 0.854. The molecule has 0 aromatic carbocycles. The molecule has 1 N–H and O–H groups in total. The van der Waals surface area contributed by atoms with Gasteiger partial charge in [-0.15, -0.1) is 0 Å². The summed E-state index contributed by atoms with van der Waals surface area (Å²) in [5.74, 6) is -0.0270. The van der Waals surface area contributed by atoms with Crippen LogP contribution in [0.4, 0.5) is 0 Å². The molecule has 84 valence electrons. The van der Waals surface area contributed by atoms with Crippen molar-refractivity contribution in [2.45, 2.75) is 38.6 Å². The van der Waals surface area contributed by atoms with Gasteiger partial charge in [0.15, 0.2) is 0 Å². The number of ether oxygens (including phenoxy) is 1. The van der Waals surface area contributed by atoms with Crippen LogP contribution in [0.1, 0.15) is 33.1 Å². The molecule has 1 saturated carbocycles. The number of carbonyl (C=O) groups is 2. The molecule has 4 nitrogen and oxygen atoms in total. The molecule has 0 aromatic heterocycles. The van der Waals surface area contributed by atoms with Crippen LogP contribution in [0.5, 0.6) is 0 Å². The fourth-order valence-electron chi connectivity index (χ4n) is 2.77. The highest BCUT2D eigenvalue weighted by molar-refractivity contribution is 5.93. The lowest BCUT2D eigenvalue weighted by Crippen LogP contribution is -2.60. The zero-order valence-corrected chi connectivity index (χ0v) is 9.42. The fourth-order valence-corrected chi connectivity index (χ4v) is 2.77. The average Bonchev–Trinajstić information content (AvgIpc) is 2.58. The zero-order valence-electron chi connectivity index (χ0n) is 9.42. The maximum atomic E-state index is 11.9. The molecule has 0 radical (unpaired) electrons. The highest BCUT2D eigenvalue weighted by Gasteiger charge is 2.58. The Balaban J connectivity index is 2.30. The quantitative estimate of drug-likeness (QED) is 0.654. The number of piperidine rings is 1. The summed E-state index contributed by atoms with van der Waals surface area (Å²) in [7, 11) is 1.37. The Labute approximate surface area is 89.4 Å². The largest absolute Gasteiger partial charge is 0.467 e. The van der Waals surface area contributed by atoms with Crippen molar-refractivity contribution in [1.29, 1.82) is 0 Å². The predicted molar refractivity (Wildman–Crippen MR) is 54.0 cm³/mol. The molecule has 2 rings (SSSR count). The monoisotopic (exact) mass is 211 g/mol. The van der Waals surface area contributed by atoms with Gasteiger partial charge in [-0.05, 0) is 25.2 Å². The summed E-state index contributed by atoms with van der Waals surface area (Å²) in [4.78, 5) is 23.5. The van der Waals surface area contributed by atoms with Crippen LogP contribution < -0.4 is 5.32 Å². The number of carbonyl (C=O) groups excluding carboxylic acids is 2. The Morgan fingerprint density at radius 3 is 2.80 bits per heavy atom. The molecule has 2 aliphatic rings. The third kappa shape index (κ3) is 1.27. The van der Waals surface area contributed by atoms with Crippen LogP contribution in [-0.4, -0.2) is 24.5 Å². The van der Waals surface area contributed by atoms with E-state index in [1.165, 1.54) is 7.11 Å². The van der Waals surface area contributed by atoms with Gasteiger partial charge in [0.1, 0.15) is 5.54 Å². The zero-order chi connectivity index (χ0) is 11.3. The number of hydrogen-bond donors (Lipinski definition) is 1. The molecule has 1 aliphatic heterocycles. The molecule has 4 heteroatoms. The van der Waals surface area contributed by atoms with E-state index in [-0.39, 0.29) is 17.3 Å². The number of rotatable bonds is 1. The van der Waals surface area contributed by atoms with Gasteiger partial charge in [0.2, 0.25) is 5.91 Å². The van der Waals surface area contributed by atoms with E-state index in [9.17, 15) is 9.59 Å². The topological polar surface area (TPSA) is 55.4 Å². The first-order valence-corrected chi connectivity index (χ1v) is 5.33. The molecule has 1 heterocycles. The van der Waals surface area contributed by atoms with Gasteiger partial charge in [-0.1, -0.05) is 13.8 Å². The van der Waals surface area contributed by atoms with Crippen molar-refractivity contribution in [3.05, 3.63) is 0 Å². The van der Waals surface area contributed by atoms with Gasteiger partial charge in [0.05, 0.1) is 7.11 Å². The Morgan fingerprint density at radius 1 is 1.53 bits per heavy atom. The normalized spacial score (nSPS) is 37.3. The summed E-state index contributed by atoms with van der Waals surface area (Å²) in [5.41, 5.74) is -1.08. The van der Waals surface area contributed by atoms with Crippen LogP contribution in [0.3, 0.4) is 0 Å². The number of methoxy groups -OCH3 is 1. The number of nitrogens with one attached hydrogen (secondary N) is 1. The lowest BCUT2D eigenvalue weighted by molar-refractivity contribution is -0.155. The molecule has 15 heavy (non-hydrogen) atoms. The second kappa shape index (κ2) is 2.97. The molecule has 1 saturated heterocycles. The van der Waals surface area contributed by atoms with Crippen LogP contribution in [0.2, 0.25) is 0 Å². The first kappa shape index (κ1) is 10.5. The highest BCUT2D eigenvalue weighted by atomic mass is 16.5. The van der Waals surface area contributed by atoms with E-state index in [2.05, 4.69) is 5.32 Å².